The summed E-state index contributed by atoms with van der Waals surface area (Å²) in [5.41, 5.74) is 0. The molecule has 19 heavy (non-hydrogen) atoms. The molecule has 0 amide bonds. The van der Waals surface area contributed by atoms with Crippen molar-refractivity contribution in [2.45, 2.75) is 18.3 Å². The Balaban J connectivity index is -0.0000000865. The summed E-state index contributed by atoms with van der Waals surface area (Å²) < 4.78 is 0. The summed E-state index contributed by atoms with van der Waals surface area (Å²) in [4.78, 5) is 0. The maximum absolute atomic E-state index is 8.31. The van der Waals surface area contributed by atoms with Gasteiger partial charge in [0.05, 0.1) is 38.1 Å². The Morgan fingerprint density at radius 2 is 0.737 bits per heavy atom. The number of rotatable bonds is 6. The molecule has 0 aromatic rings. The molecule has 0 spiro atoms. The standard InChI is InChI=1S/3C3H8O2S.Sb/c3*4-1-3(5)2-6;/h3*3-6H,1-2H2;/q;;;+3/p-3. The molecule has 10 heteroatoms. The van der Waals surface area contributed by atoms with Crippen LogP contribution in [-0.2, 0) is 37.9 Å². The van der Waals surface area contributed by atoms with E-state index in [4.69, 9.17) is 30.6 Å². The maximum Gasteiger partial charge on any atom is 3.00 e. The normalized spacial score (nSPS) is 13.7. The predicted molar refractivity (Wildman–Crippen MR) is 81.7 cm³/mol. The average molecular weight is 443 g/mol. The Hall–Kier alpha value is 1.63. The topological polar surface area (TPSA) is 121 Å². The third-order valence-corrected chi connectivity index (χ3v) is 2.36. The predicted octanol–water partition coefficient (Wildman–Crippen LogP) is -3.72. The van der Waals surface area contributed by atoms with E-state index in [0.717, 1.165) is 0 Å². The third kappa shape index (κ3) is 32.8. The fourth-order valence-electron chi connectivity index (χ4n) is 0.158. The zero-order chi connectivity index (χ0) is 15.0. The molecule has 0 aromatic carbocycles. The summed E-state index contributed by atoms with van der Waals surface area (Å²) in [5.74, 6) is 0.656. The number of aliphatic hydroxyl groups is 6. The van der Waals surface area contributed by atoms with Crippen molar-refractivity contribution < 1.29 is 30.6 Å². The molecule has 0 heterocycles. The minimum Gasteiger partial charge on any atom is -0.790 e. The number of aliphatic hydroxyl groups excluding tert-OH is 6. The van der Waals surface area contributed by atoms with Crippen molar-refractivity contribution in [3.8, 4) is 0 Å². The molecule has 3 unspecified atom stereocenters. The first-order valence-corrected chi connectivity index (χ1v) is 6.77. The first-order chi connectivity index (χ1) is 8.42. The molecule has 0 aliphatic carbocycles. The zero-order valence-electron chi connectivity index (χ0n) is 10.3. The molecule has 0 saturated carbocycles. The molecule has 116 valence electrons. The molecule has 3 atom stereocenters. The van der Waals surface area contributed by atoms with E-state index in [1.54, 1.807) is 0 Å². The van der Waals surface area contributed by atoms with Gasteiger partial charge in [-0.3, -0.25) is 0 Å². The Morgan fingerprint density at radius 3 is 0.737 bits per heavy atom. The molecular formula is C9H21O6S3Sb. The van der Waals surface area contributed by atoms with Crippen molar-refractivity contribution in [2.75, 3.05) is 37.1 Å². The van der Waals surface area contributed by atoms with Crippen LogP contribution in [0.3, 0.4) is 0 Å². The quantitative estimate of drug-likeness (QED) is 0.182. The van der Waals surface area contributed by atoms with Crippen molar-refractivity contribution in [3.63, 3.8) is 0 Å². The molecular weight excluding hydrogens is 422 g/mol. The summed E-state index contributed by atoms with van der Waals surface area (Å²) >= 11 is 13.1. The van der Waals surface area contributed by atoms with Crippen LogP contribution in [0.2, 0.25) is 0 Å². The molecule has 0 rings (SSSR count). The SMILES string of the molecule is OCC(O)C[S-].OCC(O)C[S-].OCC(O)C[S-].[Sb+3]. The molecule has 0 aliphatic rings. The summed E-state index contributed by atoms with van der Waals surface area (Å²) in [6.07, 6.45) is -2.08. The molecule has 0 fully saturated rings. The fraction of sp³-hybridized carbons (Fsp3) is 1.00. The zero-order valence-corrected chi connectivity index (χ0v) is 15.3. The van der Waals surface area contributed by atoms with Crippen molar-refractivity contribution in [3.05, 3.63) is 0 Å². The Morgan fingerprint density at radius 1 is 0.579 bits per heavy atom. The minimum absolute atomic E-state index is 0. The Bertz CT molecular complexity index is 113. The average Bonchev–Trinajstić information content (AvgIpc) is 2.45. The van der Waals surface area contributed by atoms with E-state index >= 15 is 0 Å². The van der Waals surface area contributed by atoms with E-state index < -0.39 is 18.3 Å². The minimum atomic E-state index is -0.694. The molecule has 0 aliphatic heterocycles. The van der Waals surface area contributed by atoms with Crippen molar-refractivity contribution in [2.24, 2.45) is 0 Å². The van der Waals surface area contributed by atoms with E-state index in [-0.39, 0.29) is 61.5 Å². The van der Waals surface area contributed by atoms with Gasteiger partial charge < -0.3 is 68.5 Å². The van der Waals surface area contributed by atoms with E-state index in [1.807, 2.05) is 0 Å². The van der Waals surface area contributed by atoms with Crippen LogP contribution in [-0.4, -0.2) is 110 Å². The van der Waals surface area contributed by atoms with Crippen molar-refractivity contribution >= 4 is 62.3 Å². The second kappa shape index (κ2) is 24.6. The largest absolute Gasteiger partial charge is 3.00 e. The van der Waals surface area contributed by atoms with E-state index in [0.29, 0.717) is 0 Å². The molecule has 6 nitrogen and oxygen atoms in total. The smallest absolute Gasteiger partial charge is 0.790 e. The van der Waals surface area contributed by atoms with Crippen LogP contribution >= 0.6 is 0 Å². The van der Waals surface area contributed by atoms with Gasteiger partial charge in [-0.1, -0.05) is 0 Å². The van der Waals surface area contributed by atoms with Crippen LogP contribution in [0, 0.1) is 0 Å². The summed E-state index contributed by atoms with van der Waals surface area (Å²) in [5, 5.41) is 49.0. The second-order valence-electron chi connectivity index (χ2n) is 3.01. The Labute approximate surface area is 147 Å². The van der Waals surface area contributed by atoms with Gasteiger partial charge in [-0.2, -0.15) is 0 Å². The van der Waals surface area contributed by atoms with Crippen LogP contribution in [0.25, 0.3) is 0 Å². The Kier molecular flexibility index (Phi) is 37.3. The third-order valence-electron chi connectivity index (χ3n) is 1.21. The van der Waals surface area contributed by atoms with Gasteiger partial charge in [0.25, 0.3) is 0 Å². The van der Waals surface area contributed by atoms with Gasteiger partial charge in [-0.05, 0) is 0 Å². The van der Waals surface area contributed by atoms with Crippen LogP contribution in [0.4, 0.5) is 0 Å². The van der Waals surface area contributed by atoms with Crippen LogP contribution in [0.5, 0.6) is 0 Å². The van der Waals surface area contributed by atoms with Crippen LogP contribution in [0.1, 0.15) is 0 Å². The van der Waals surface area contributed by atoms with Gasteiger partial charge in [0.1, 0.15) is 0 Å². The van der Waals surface area contributed by atoms with Gasteiger partial charge in [-0.15, -0.1) is 17.3 Å². The molecule has 0 aromatic heterocycles. The molecule has 0 saturated heterocycles. The van der Waals surface area contributed by atoms with Gasteiger partial charge in [0.2, 0.25) is 0 Å². The van der Waals surface area contributed by atoms with Crippen LogP contribution < -0.4 is 0 Å². The number of hydrogen-bond acceptors (Lipinski definition) is 9. The first-order valence-electron chi connectivity index (χ1n) is 5.04. The second-order valence-corrected chi connectivity index (χ2v) is 4.01. The van der Waals surface area contributed by atoms with Crippen LogP contribution in [0.15, 0.2) is 0 Å². The summed E-state index contributed by atoms with van der Waals surface area (Å²) in [6.45, 7) is -0.656. The van der Waals surface area contributed by atoms with Crippen molar-refractivity contribution in [1.29, 1.82) is 0 Å². The number of hydrogen-bond donors (Lipinski definition) is 6. The maximum atomic E-state index is 8.31. The monoisotopic (exact) mass is 442 g/mol. The van der Waals surface area contributed by atoms with Gasteiger partial charge in [0, 0.05) is 0 Å². The van der Waals surface area contributed by atoms with E-state index in [1.165, 1.54) is 0 Å². The van der Waals surface area contributed by atoms with Gasteiger partial charge in [-0.25, -0.2) is 0 Å². The van der Waals surface area contributed by atoms with Gasteiger partial charge >= 0.3 is 24.4 Å². The fourth-order valence-corrected chi connectivity index (χ4v) is 0.474. The molecule has 2 radical (unpaired) electrons. The summed E-state index contributed by atoms with van der Waals surface area (Å²) in [6, 6.07) is 0. The van der Waals surface area contributed by atoms with Gasteiger partial charge in [0.15, 0.2) is 0 Å². The summed E-state index contributed by atoms with van der Waals surface area (Å²) in [7, 11) is 0. The van der Waals surface area contributed by atoms with E-state index in [9.17, 15) is 0 Å². The van der Waals surface area contributed by atoms with E-state index in [2.05, 4.69) is 37.9 Å². The van der Waals surface area contributed by atoms with Crippen molar-refractivity contribution in [1.82, 2.24) is 0 Å². The molecule has 6 N–H and O–H groups in total. The molecule has 0 bridgehead atoms. The first kappa shape index (κ1) is 28.7.